The second-order valence-electron chi connectivity index (χ2n) is 6.05. The fourth-order valence-electron chi connectivity index (χ4n) is 3.14. The maximum atomic E-state index is 13.2. The van der Waals surface area contributed by atoms with Crippen molar-refractivity contribution >= 4 is 35.1 Å². The Kier molecular flexibility index (Phi) is 4.01. The van der Waals surface area contributed by atoms with Crippen LogP contribution in [0.15, 0.2) is 66.1 Å². The molecule has 0 N–H and O–H groups in total. The molecule has 0 spiro atoms. The van der Waals surface area contributed by atoms with Crippen molar-refractivity contribution in [1.82, 2.24) is 0 Å². The number of imide groups is 1. The molecule has 1 atom stereocenters. The molecule has 0 saturated heterocycles. The molecule has 124 valence electrons. The third-order valence-electron chi connectivity index (χ3n) is 4.50. The molecule has 1 unspecified atom stereocenters. The van der Waals surface area contributed by atoms with E-state index in [1.54, 1.807) is 16.7 Å². The molecule has 0 bridgehead atoms. The normalized spacial score (nSPS) is 19.6. The molecule has 0 radical (unpaired) electrons. The summed E-state index contributed by atoms with van der Waals surface area (Å²) in [6.45, 7) is 2.49. The Bertz CT molecular complexity index is 918. The van der Waals surface area contributed by atoms with Crippen LogP contribution in [-0.2, 0) is 11.3 Å². The van der Waals surface area contributed by atoms with Gasteiger partial charge in [0.2, 0.25) is 0 Å². The van der Waals surface area contributed by atoms with Gasteiger partial charge in [-0.25, -0.2) is 4.79 Å². The SMILES string of the molecule is Cc1ccccc1C[N+]1=C2C=CSC2C(=O)N(c2ccccc2)C1=O. The number of amides is 3. The van der Waals surface area contributed by atoms with Crippen molar-refractivity contribution < 1.29 is 14.2 Å². The zero-order valence-corrected chi connectivity index (χ0v) is 14.6. The van der Waals surface area contributed by atoms with E-state index in [9.17, 15) is 9.59 Å². The monoisotopic (exact) mass is 349 g/mol. The largest absolute Gasteiger partial charge is 0.506 e. The van der Waals surface area contributed by atoms with Crippen molar-refractivity contribution in [2.45, 2.75) is 18.7 Å². The second-order valence-corrected chi connectivity index (χ2v) is 7.06. The topological polar surface area (TPSA) is 40.4 Å². The Balaban J connectivity index is 1.79. The first kappa shape index (κ1) is 15.8. The highest BCUT2D eigenvalue weighted by Gasteiger charge is 2.49. The molecular weight excluding hydrogens is 332 g/mol. The van der Waals surface area contributed by atoms with Gasteiger partial charge in [-0.1, -0.05) is 42.5 Å². The molecule has 2 aromatic rings. The third kappa shape index (κ3) is 2.70. The minimum Gasteiger partial charge on any atom is -0.244 e. The van der Waals surface area contributed by atoms with Crippen LogP contribution in [0.3, 0.4) is 0 Å². The maximum Gasteiger partial charge on any atom is 0.506 e. The number of carbonyl (C=O) groups is 2. The Labute approximate surface area is 150 Å². The van der Waals surface area contributed by atoms with Crippen molar-refractivity contribution in [2.24, 2.45) is 0 Å². The summed E-state index contributed by atoms with van der Waals surface area (Å²) in [4.78, 5) is 27.3. The van der Waals surface area contributed by atoms with E-state index in [4.69, 9.17) is 0 Å². The Hall–Kier alpha value is -2.66. The molecule has 0 aromatic heterocycles. The number of thioether (sulfide) groups is 1. The number of rotatable bonds is 3. The summed E-state index contributed by atoms with van der Waals surface area (Å²) < 4.78 is 1.72. The van der Waals surface area contributed by atoms with Crippen molar-refractivity contribution in [3.63, 3.8) is 0 Å². The molecule has 3 amide bonds. The van der Waals surface area contributed by atoms with E-state index in [0.717, 1.165) is 16.8 Å². The van der Waals surface area contributed by atoms with Gasteiger partial charge in [-0.3, -0.25) is 0 Å². The number of allylic oxidation sites excluding steroid dienone is 1. The van der Waals surface area contributed by atoms with E-state index < -0.39 is 0 Å². The van der Waals surface area contributed by atoms with Gasteiger partial charge in [0.25, 0.3) is 0 Å². The first-order valence-corrected chi connectivity index (χ1v) is 9.05. The smallest absolute Gasteiger partial charge is 0.244 e. The zero-order chi connectivity index (χ0) is 17.4. The standard InChI is InChI=1S/C20H17N2O2S/c1-14-7-5-6-8-15(14)13-21-17-11-12-25-18(17)19(23)22(20(21)24)16-9-3-2-4-10-16/h2-12,18H,13H2,1H3/q+1. The van der Waals surface area contributed by atoms with E-state index in [2.05, 4.69) is 0 Å². The molecular formula is C20H17N2O2S+. The van der Waals surface area contributed by atoms with Gasteiger partial charge >= 0.3 is 11.9 Å². The van der Waals surface area contributed by atoms with Crippen LogP contribution in [0.5, 0.6) is 0 Å². The average molecular weight is 349 g/mol. The van der Waals surface area contributed by atoms with Gasteiger partial charge in [0.1, 0.15) is 17.9 Å². The zero-order valence-electron chi connectivity index (χ0n) is 13.8. The lowest BCUT2D eigenvalue weighted by Crippen LogP contribution is -2.55. The molecule has 4 rings (SSSR count). The van der Waals surface area contributed by atoms with Crippen LogP contribution in [0, 0.1) is 6.92 Å². The molecule has 0 fully saturated rings. The van der Waals surface area contributed by atoms with E-state index in [0.29, 0.717) is 12.2 Å². The first-order chi connectivity index (χ1) is 12.2. The molecule has 0 saturated carbocycles. The van der Waals surface area contributed by atoms with Crippen LogP contribution in [0.4, 0.5) is 10.5 Å². The van der Waals surface area contributed by atoms with Crippen LogP contribution in [-0.4, -0.2) is 27.5 Å². The van der Waals surface area contributed by atoms with Crippen LogP contribution >= 0.6 is 11.8 Å². The first-order valence-electron chi connectivity index (χ1n) is 8.10. The molecule has 2 aliphatic rings. The minimum absolute atomic E-state index is 0.178. The van der Waals surface area contributed by atoms with E-state index in [1.165, 1.54) is 16.7 Å². The average Bonchev–Trinajstić information content (AvgIpc) is 3.11. The van der Waals surface area contributed by atoms with Crippen molar-refractivity contribution in [1.29, 1.82) is 0 Å². The Morgan fingerprint density at radius 1 is 1.04 bits per heavy atom. The van der Waals surface area contributed by atoms with Crippen molar-refractivity contribution in [3.8, 4) is 0 Å². The maximum absolute atomic E-state index is 13.2. The molecule has 2 aromatic carbocycles. The van der Waals surface area contributed by atoms with Crippen LogP contribution in [0.2, 0.25) is 0 Å². The highest BCUT2D eigenvalue weighted by atomic mass is 32.2. The molecule has 2 heterocycles. The number of anilines is 1. The molecule has 25 heavy (non-hydrogen) atoms. The third-order valence-corrected chi connectivity index (χ3v) is 5.51. The predicted octanol–water partition coefficient (Wildman–Crippen LogP) is 3.74. The number of urea groups is 1. The van der Waals surface area contributed by atoms with Gasteiger partial charge in [0, 0.05) is 0 Å². The van der Waals surface area contributed by atoms with E-state index in [-0.39, 0.29) is 17.2 Å². The van der Waals surface area contributed by atoms with Crippen molar-refractivity contribution in [3.05, 3.63) is 77.2 Å². The summed E-state index contributed by atoms with van der Waals surface area (Å²) >= 11 is 1.45. The van der Waals surface area contributed by atoms with Gasteiger partial charge in [-0.05, 0) is 41.7 Å². The summed E-state index contributed by atoms with van der Waals surface area (Å²) in [6.07, 6.45) is 1.88. The number of hydrogen-bond acceptors (Lipinski definition) is 3. The Morgan fingerprint density at radius 2 is 1.76 bits per heavy atom. The quantitative estimate of drug-likeness (QED) is 0.793. The van der Waals surface area contributed by atoms with Gasteiger partial charge < -0.3 is 0 Å². The fourth-order valence-corrected chi connectivity index (χ4v) is 4.08. The summed E-state index contributed by atoms with van der Waals surface area (Å²) in [7, 11) is 0. The van der Waals surface area contributed by atoms with Crippen LogP contribution in [0.25, 0.3) is 0 Å². The predicted molar refractivity (Wildman–Crippen MR) is 100.0 cm³/mol. The number of carbonyl (C=O) groups excluding carboxylic acids is 2. The minimum atomic E-state index is -0.359. The highest BCUT2D eigenvalue weighted by molar-refractivity contribution is 8.04. The fraction of sp³-hybridized carbons (Fsp3) is 0.150. The lowest BCUT2D eigenvalue weighted by molar-refractivity contribution is -0.444. The molecule has 2 aliphatic heterocycles. The molecule has 0 aliphatic carbocycles. The van der Waals surface area contributed by atoms with Crippen LogP contribution in [0.1, 0.15) is 11.1 Å². The summed E-state index contributed by atoms with van der Waals surface area (Å²) in [6, 6.07) is 16.8. The number of fused-ring (bicyclic) bond motifs is 1. The highest BCUT2D eigenvalue weighted by Crippen LogP contribution is 2.31. The molecule has 4 nitrogen and oxygen atoms in total. The summed E-state index contributed by atoms with van der Waals surface area (Å²) in [5.74, 6) is -0.178. The lowest BCUT2D eigenvalue weighted by Gasteiger charge is -2.24. The Morgan fingerprint density at radius 3 is 2.52 bits per heavy atom. The number of hydrogen-bond donors (Lipinski definition) is 0. The number of benzene rings is 2. The van der Waals surface area contributed by atoms with E-state index >= 15 is 0 Å². The van der Waals surface area contributed by atoms with E-state index in [1.807, 2.05) is 60.9 Å². The van der Waals surface area contributed by atoms with Gasteiger partial charge in [0.15, 0.2) is 5.25 Å². The van der Waals surface area contributed by atoms with Gasteiger partial charge in [-0.2, -0.15) is 9.37 Å². The molecule has 5 heteroatoms. The van der Waals surface area contributed by atoms with Gasteiger partial charge in [0.05, 0.1) is 0 Å². The van der Waals surface area contributed by atoms with Crippen molar-refractivity contribution in [2.75, 3.05) is 4.90 Å². The van der Waals surface area contributed by atoms with Gasteiger partial charge in [-0.15, -0.1) is 16.7 Å². The summed E-state index contributed by atoms with van der Waals surface area (Å²) in [5, 5.41) is 1.53. The number of nitrogens with zero attached hydrogens (tertiary/aromatic N) is 2. The lowest BCUT2D eigenvalue weighted by atomic mass is 10.1. The number of aryl methyl sites for hydroxylation is 1. The number of para-hydroxylation sites is 1. The second kappa shape index (κ2) is 6.33. The summed E-state index contributed by atoms with van der Waals surface area (Å²) in [5.41, 5.74) is 3.59. The van der Waals surface area contributed by atoms with Crippen LogP contribution < -0.4 is 4.90 Å².